The summed E-state index contributed by atoms with van der Waals surface area (Å²) in [6.07, 6.45) is 7.90. The van der Waals surface area contributed by atoms with Crippen LogP contribution in [0, 0.1) is 5.41 Å². The first-order chi connectivity index (χ1) is 8.94. The van der Waals surface area contributed by atoms with Crippen LogP contribution in [0.2, 0.25) is 0 Å². The molecule has 2 fully saturated rings. The number of nitrogens with zero attached hydrogens (tertiary/aromatic N) is 2. The van der Waals surface area contributed by atoms with Crippen molar-refractivity contribution in [2.75, 3.05) is 38.7 Å². The van der Waals surface area contributed by atoms with Gasteiger partial charge in [-0.2, -0.15) is 0 Å². The molecule has 20 heavy (non-hydrogen) atoms. The lowest BCUT2D eigenvalue weighted by Crippen LogP contribution is -2.42. The van der Waals surface area contributed by atoms with Crippen molar-refractivity contribution in [1.29, 1.82) is 0 Å². The van der Waals surface area contributed by atoms with Crippen LogP contribution in [-0.2, 0) is 9.84 Å². The van der Waals surface area contributed by atoms with E-state index in [1.807, 2.05) is 0 Å². The molecule has 0 aromatic heterocycles. The van der Waals surface area contributed by atoms with Crippen LogP contribution in [0.3, 0.4) is 0 Å². The normalized spacial score (nSPS) is 22.1. The third-order valence-corrected chi connectivity index (χ3v) is 5.32. The number of aliphatic imine (C=N–C) groups is 1. The molecule has 5 nitrogen and oxygen atoms in total. The van der Waals surface area contributed by atoms with Gasteiger partial charge in [-0.05, 0) is 24.7 Å². The maximum atomic E-state index is 11.1. The van der Waals surface area contributed by atoms with Crippen molar-refractivity contribution in [2.24, 2.45) is 10.4 Å². The molecule has 0 radical (unpaired) electrons. The third kappa shape index (κ3) is 4.75. The second-order valence-electron chi connectivity index (χ2n) is 5.98. The fraction of sp³-hybridized carbons (Fsp3) is 0.923. The second kappa shape index (κ2) is 7.29. The van der Waals surface area contributed by atoms with Crippen molar-refractivity contribution in [3.8, 4) is 0 Å². The van der Waals surface area contributed by atoms with Gasteiger partial charge in [-0.15, -0.1) is 24.0 Å². The van der Waals surface area contributed by atoms with Crippen LogP contribution in [0.1, 0.15) is 32.1 Å². The summed E-state index contributed by atoms with van der Waals surface area (Å²) in [6.45, 7) is 2.55. The van der Waals surface area contributed by atoms with E-state index in [4.69, 9.17) is 0 Å². The minimum absolute atomic E-state index is 0. The van der Waals surface area contributed by atoms with Crippen molar-refractivity contribution in [1.82, 2.24) is 10.2 Å². The molecule has 1 aliphatic carbocycles. The third-order valence-electron chi connectivity index (χ3n) is 4.37. The summed E-state index contributed by atoms with van der Waals surface area (Å²) in [5.74, 6) is 1.01. The van der Waals surface area contributed by atoms with Gasteiger partial charge >= 0.3 is 0 Å². The van der Waals surface area contributed by atoms with Crippen LogP contribution in [-0.4, -0.2) is 58.0 Å². The molecule has 0 bridgehead atoms. The Kier molecular flexibility index (Phi) is 6.56. The van der Waals surface area contributed by atoms with E-state index in [1.165, 1.54) is 38.4 Å². The van der Waals surface area contributed by atoms with E-state index in [0.717, 1.165) is 19.0 Å². The van der Waals surface area contributed by atoms with E-state index < -0.39 is 9.84 Å². The Bertz CT molecular complexity index is 445. The summed E-state index contributed by atoms with van der Waals surface area (Å²) < 4.78 is 22.3. The molecular weight excluding hydrogens is 389 g/mol. The Morgan fingerprint density at radius 3 is 2.50 bits per heavy atom. The van der Waals surface area contributed by atoms with Crippen molar-refractivity contribution in [3.05, 3.63) is 0 Å². The lowest BCUT2D eigenvalue weighted by Gasteiger charge is -2.25. The first-order valence-corrected chi connectivity index (χ1v) is 9.14. The highest BCUT2D eigenvalue weighted by molar-refractivity contribution is 14.0. The predicted molar refractivity (Wildman–Crippen MR) is 93.6 cm³/mol. The van der Waals surface area contributed by atoms with Gasteiger partial charge in [0.1, 0.15) is 9.84 Å². The number of rotatable bonds is 3. The molecule has 7 heteroatoms. The molecule has 0 aromatic carbocycles. The molecule has 1 saturated heterocycles. The zero-order valence-electron chi connectivity index (χ0n) is 12.4. The lowest BCUT2D eigenvalue weighted by molar-refractivity contribution is 0.309. The smallest absolute Gasteiger partial charge is 0.193 e. The molecule has 2 rings (SSSR count). The highest BCUT2D eigenvalue weighted by atomic mass is 127. The highest BCUT2D eigenvalue weighted by Gasteiger charge is 2.40. The van der Waals surface area contributed by atoms with Gasteiger partial charge in [-0.3, -0.25) is 4.99 Å². The van der Waals surface area contributed by atoms with E-state index in [9.17, 15) is 8.42 Å². The molecule has 1 spiro atoms. The number of likely N-dealkylation sites (tertiary alicyclic amines) is 1. The SMILES string of the molecule is CN=C(NCCS(C)(=O)=O)N1CCC2(CCCC2)C1.I. The van der Waals surface area contributed by atoms with Gasteiger partial charge in [0.2, 0.25) is 0 Å². The lowest BCUT2D eigenvalue weighted by atomic mass is 9.86. The molecule has 118 valence electrons. The summed E-state index contributed by atoms with van der Waals surface area (Å²) in [4.78, 5) is 6.57. The van der Waals surface area contributed by atoms with Crippen LogP contribution in [0.15, 0.2) is 4.99 Å². The molecule has 2 aliphatic rings. The number of nitrogens with one attached hydrogen (secondary N) is 1. The standard InChI is InChI=1S/C13H25N3O2S.HI/c1-14-12(15-8-10-19(2,17)18)16-9-7-13(11-16)5-3-4-6-13;/h3-11H2,1-2H3,(H,14,15);1H. The van der Waals surface area contributed by atoms with Gasteiger partial charge in [0.25, 0.3) is 0 Å². The molecule has 0 atom stereocenters. The Balaban J connectivity index is 0.00000200. The van der Waals surface area contributed by atoms with Crippen LogP contribution in [0.5, 0.6) is 0 Å². The summed E-state index contributed by atoms with van der Waals surface area (Å²) in [5, 5.41) is 3.17. The van der Waals surface area contributed by atoms with Crippen LogP contribution >= 0.6 is 24.0 Å². The van der Waals surface area contributed by atoms with Gasteiger partial charge in [0.15, 0.2) is 5.96 Å². The maximum Gasteiger partial charge on any atom is 0.193 e. The van der Waals surface area contributed by atoms with E-state index in [-0.39, 0.29) is 29.7 Å². The summed E-state index contributed by atoms with van der Waals surface area (Å²) in [6, 6.07) is 0. The fourth-order valence-corrected chi connectivity index (χ4v) is 3.80. The zero-order chi connectivity index (χ0) is 13.9. The van der Waals surface area contributed by atoms with Crippen molar-refractivity contribution in [2.45, 2.75) is 32.1 Å². The first kappa shape index (κ1) is 18.0. The van der Waals surface area contributed by atoms with Crippen LogP contribution < -0.4 is 5.32 Å². The number of sulfone groups is 1. The van der Waals surface area contributed by atoms with Crippen molar-refractivity contribution >= 4 is 39.8 Å². The van der Waals surface area contributed by atoms with E-state index in [2.05, 4.69) is 15.2 Å². The van der Waals surface area contributed by atoms with E-state index in [0.29, 0.717) is 12.0 Å². The zero-order valence-corrected chi connectivity index (χ0v) is 15.5. The Morgan fingerprint density at radius 2 is 1.95 bits per heavy atom. The summed E-state index contributed by atoms with van der Waals surface area (Å²) >= 11 is 0. The van der Waals surface area contributed by atoms with Crippen LogP contribution in [0.4, 0.5) is 0 Å². The molecular formula is C13H26IN3O2S. The number of hydrogen-bond acceptors (Lipinski definition) is 3. The summed E-state index contributed by atoms with van der Waals surface area (Å²) in [5.41, 5.74) is 0.508. The number of halogens is 1. The highest BCUT2D eigenvalue weighted by Crippen LogP contribution is 2.45. The minimum Gasteiger partial charge on any atom is -0.355 e. The Morgan fingerprint density at radius 1 is 1.30 bits per heavy atom. The summed E-state index contributed by atoms with van der Waals surface area (Å²) in [7, 11) is -1.14. The van der Waals surface area contributed by atoms with Gasteiger partial charge in [0, 0.05) is 32.9 Å². The average Bonchev–Trinajstić information content (AvgIpc) is 2.95. The average molecular weight is 415 g/mol. The maximum absolute atomic E-state index is 11.1. The van der Waals surface area contributed by atoms with Gasteiger partial charge in [-0.1, -0.05) is 12.8 Å². The molecule has 1 saturated carbocycles. The van der Waals surface area contributed by atoms with Crippen molar-refractivity contribution < 1.29 is 8.42 Å². The van der Waals surface area contributed by atoms with Gasteiger partial charge in [0.05, 0.1) is 5.75 Å². The number of guanidine groups is 1. The molecule has 1 aliphatic heterocycles. The monoisotopic (exact) mass is 415 g/mol. The van der Waals surface area contributed by atoms with E-state index >= 15 is 0 Å². The molecule has 1 heterocycles. The molecule has 0 amide bonds. The largest absolute Gasteiger partial charge is 0.355 e. The predicted octanol–water partition coefficient (Wildman–Crippen LogP) is 1.49. The molecule has 1 N–H and O–H groups in total. The fourth-order valence-electron chi connectivity index (χ4n) is 3.33. The molecule has 0 aromatic rings. The second-order valence-corrected chi connectivity index (χ2v) is 8.24. The quantitative estimate of drug-likeness (QED) is 0.431. The Labute approximate surface area is 139 Å². The topological polar surface area (TPSA) is 61.8 Å². The first-order valence-electron chi connectivity index (χ1n) is 7.07. The van der Waals surface area contributed by atoms with Crippen molar-refractivity contribution in [3.63, 3.8) is 0 Å². The van der Waals surface area contributed by atoms with E-state index in [1.54, 1.807) is 7.05 Å². The van der Waals surface area contributed by atoms with Gasteiger partial charge in [-0.25, -0.2) is 8.42 Å². The number of hydrogen-bond donors (Lipinski definition) is 1. The molecule has 0 unspecified atom stereocenters. The van der Waals surface area contributed by atoms with Gasteiger partial charge < -0.3 is 10.2 Å². The minimum atomic E-state index is -2.91. The van der Waals surface area contributed by atoms with Crippen LogP contribution in [0.25, 0.3) is 0 Å². The Hall–Kier alpha value is -0.0500.